The van der Waals surface area contributed by atoms with E-state index < -0.39 is 36.2 Å². The lowest BCUT2D eigenvalue weighted by atomic mass is 9.85. The highest BCUT2D eigenvalue weighted by Crippen LogP contribution is 2.29. The highest BCUT2D eigenvalue weighted by atomic mass is 16.6. The molecule has 1 aliphatic carbocycles. The van der Waals surface area contributed by atoms with Crippen LogP contribution >= 0.6 is 0 Å². The lowest BCUT2D eigenvalue weighted by Gasteiger charge is -2.33. The molecule has 2 rings (SSSR count). The Labute approximate surface area is 206 Å². The summed E-state index contributed by atoms with van der Waals surface area (Å²) < 4.78 is 16.5. The highest BCUT2D eigenvalue weighted by molar-refractivity contribution is 5.81. The third-order valence-electron chi connectivity index (χ3n) is 5.76. The van der Waals surface area contributed by atoms with E-state index in [1.165, 1.54) is 12.6 Å². The van der Waals surface area contributed by atoms with Gasteiger partial charge in [-0.15, -0.1) is 0 Å². The van der Waals surface area contributed by atoms with Crippen LogP contribution in [0, 0.1) is 5.92 Å². The molecule has 2 fully saturated rings. The van der Waals surface area contributed by atoms with Crippen LogP contribution in [0.2, 0.25) is 0 Å². The van der Waals surface area contributed by atoms with Crippen molar-refractivity contribution in [1.82, 2.24) is 15.6 Å². The number of hydrogen-bond acceptors (Lipinski definition) is 9. The van der Waals surface area contributed by atoms with Crippen LogP contribution in [0.1, 0.15) is 65.7 Å². The number of carbonyl (C=O) groups is 3. The molecule has 1 heterocycles. The quantitative estimate of drug-likeness (QED) is 0.140. The van der Waals surface area contributed by atoms with Crippen molar-refractivity contribution in [2.45, 2.75) is 89.9 Å². The number of morpholine rings is 1. The van der Waals surface area contributed by atoms with E-state index in [2.05, 4.69) is 10.4 Å². The number of hydrogen-bond donors (Lipinski definition) is 4. The van der Waals surface area contributed by atoms with Gasteiger partial charge in [0.15, 0.2) is 0 Å². The smallest absolute Gasteiger partial charge is 0.332 e. The zero-order valence-corrected chi connectivity index (χ0v) is 21.0. The van der Waals surface area contributed by atoms with Crippen LogP contribution in [0.4, 0.5) is 4.79 Å². The predicted octanol–water partition coefficient (Wildman–Crippen LogP) is 0.821. The third-order valence-corrected chi connectivity index (χ3v) is 5.76. The summed E-state index contributed by atoms with van der Waals surface area (Å²) in [5, 5.41) is 17.1. The van der Waals surface area contributed by atoms with Crippen LogP contribution in [0.5, 0.6) is 0 Å². The van der Waals surface area contributed by atoms with E-state index in [0.29, 0.717) is 38.6 Å². The van der Waals surface area contributed by atoms with Gasteiger partial charge in [-0.2, -0.15) is 5.10 Å². The van der Waals surface area contributed by atoms with Gasteiger partial charge in [0, 0.05) is 19.3 Å². The van der Waals surface area contributed by atoms with E-state index in [4.69, 9.17) is 19.9 Å². The first-order valence-electron chi connectivity index (χ1n) is 12.3. The number of urea groups is 1. The van der Waals surface area contributed by atoms with Crippen molar-refractivity contribution in [3.63, 3.8) is 0 Å². The molecule has 200 valence electrons. The maximum atomic E-state index is 13.2. The fourth-order valence-corrected chi connectivity index (χ4v) is 4.21. The van der Waals surface area contributed by atoms with Crippen molar-refractivity contribution in [2.75, 3.05) is 26.3 Å². The van der Waals surface area contributed by atoms with E-state index in [-0.39, 0.29) is 12.3 Å². The molecule has 0 aromatic carbocycles. The number of nitrogens with zero attached hydrogens (tertiary/aromatic N) is 2. The normalized spacial score (nSPS) is 20.3. The van der Waals surface area contributed by atoms with Crippen molar-refractivity contribution < 1.29 is 33.7 Å². The summed E-state index contributed by atoms with van der Waals surface area (Å²) in [4.78, 5) is 38.2. The first kappa shape index (κ1) is 29.0. The van der Waals surface area contributed by atoms with Crippen molar-refractivity contribution in [1.29, 1.82) is 0 Å². The van der Waals surface area contributed by atoms with Gasteiger partial charge in [-0.25, -0.2) is 10.2 Å². The number of rotatable bonds is 11. The molecule has 0 aromatic heterocycles. The largest absolute Gasteiger partial charge is 0.460 e. The van der Waals surface area contributed by atoms with Crippen LogP contribution in [-0.2, 0) is 23.8 Å². The predicted molar refractivity (Wildman–Crippen MR) is 128 cm³/mol. The first-order chi connectivity index (χ1) is 16.5. The number of primary amides is 1. The molecule has 3 amide bonds. The second-order valence-corrected chi connectivity index (χ2v) is 9.97. The summed E-state index contributed by atoms with van der Waals surface area (Å²) in [5.74, 6) is -0.395. The average Bonchev–Trinajstić information content (AvgIpc) is 2.77. The molecule has 2 aliphatic rings. The molecule has 3 atom stereocenters. The Balaban J connectivity index is 2.06. The Bertz CT molecular complexity index is 716. The topological polar surface area (TPSA) is 165 Å². The summed E-state index contributed by atoms with van der Waals surface area (Å²) in [7, 11) is 0. The summed E-state index contributed by atoms with van der Waals surface area (Å²) in [6.07, 6.45) is 4.56. The Morgan fingerprint density at radius 3 is 2.46 bits per heavy atom. The summed E-state index contributed by atoms with van der Waals surface area (Å²) >= 11 is 0. The van der Waals surface area contributed by atoms with Crippen LogP contribution in [0.25, 0.3) is 0 Å². The highest BCUT2D eigenvalue weighted by Gasteiger charge is 2.32. The summed E-state index contributed by atoms with van der Waals surface area (Å²) in [6.45, 7) is 7.08. The average molecular weight is 500 g/mol. The molecule has 0 radical (unpaired) electrons. The summed E-state index contributed by atoms with van der Waals surface area (Å²) in [6, 6.07) is -1.74. The van der Waals surface area contributed by atoms with E-state index in [1.807, 2.05) is 5.43 Å². The van der Waals surface area contributed by atoms with Crippen LogP contribution in [-0.4, -0.2) is 84.6 Å². The number of ether oxygens (including phenoxy) is 3. The van der Waals surface area contributed by atoms with Crippen molar-refractivity contribution in [2.24, 2.45) is 16.8 Å². The van der Waals surface area contributed by atoms with E-state index in [9.17, 15) is 19.5 Å². The van der Waals surface area contributed by atoms with Crippen LogP contribution in [0.15, 0.2) is 5.10 Å². The molecule has 1 saturated heterocycles. The van der Waals surface area contributed by atoms with Gasteiger partial charge >= 0.3 is 12.0 Å². The fraction of sp³-hybridized carbons (Fsp3) is 0.826. The zero-order chi connectivity index (χ0) is 25.8. The molecule has 5 N–H and O–H groups in total. The van der Waals surface area contributed by atoms with Gasteiger partial charge in [0.25, 0.3) is 5.91 Å². The number of aliphatic hydroxyl groups excluding tert-OH is 1. The molecule has 0 aromatic rings. The Kier molecular flexibility index (Phi) is 11.8. The molecule has 12 nitrogen and oxygen atoms in total. The second-order valence-electron chi connectivity index (χ2n) is 9.97. The van der Waals surface area contributed by atoms with E-state index >= 15 is 0 Å². The first-order valence-corrected chi connectivity index (χ1v) is 12.3. The van der Waals surface area contributed by atoms with Crippen LogP contribution in [0.3, 0.4) is 0 Å². The molecule has 1 saturated carbocycles. The monoisotopic (exact) mass is 499 g/mol. The standard InChI is InChI=1S/C23H41N5O7/c1-23(2,3)35-19(29)14-17(15-25-27-21(24)31)26-22(32)34-18(13-16-7-5-4-6-8-16)20(30)28-9-11-33-12-10-28/h15-18,22,26,32H,4-14H2,1-3H3,(H3,24,27,31)/b25-15+/t17-,18-,22?/m0/s1. The fourth-order valence-electron chi connectivity index (χ4n) is 4.21. The molecule has 35 heavy (non-hydrogen) atoms. The van der Waals surface area contributed by atoms with Crippen molar-refractivity contribution in [3.05, 3.63) is 0 Å². The number of nitrogens with one attached hydrogen (secondary N) is 2. The SMILES string of the molecule is CC(C)(C)OC(=O)C[C@@H](/C=N/NC(N)=O)NC(O)O[C@@H](CC1CCCCC1)C(=O)N1CCOCC1. The van der Waals surface area contributed by atoms with Gasteiger partial charge in [0.2, 0.25) is 6.41 Å². The minimum atomic E-state index is -1.57. The van der Waals surface area contributed by atoms with Gasteiger partial charge < -0.3 is 30.0 Å². The minimum Gasteiger partial charge on any atom is -0.460 e. The van der Waals surface area contributed by atoms with Gasteiger partial charge in [-0.3, -0.25) is 14.9 Å². The summed E-state index contributed by atoms with van der Waals surface area (Å²) in [5.41, 5.74) is 6.37. The zero-order valence-electron chi connectivity index (χ0n) is 21.0. The van der Waals surface area contributed by atoms with Crippen molar-refractivity contribution in [3.8, 4) is 0 Å². The van der Waals surface area contributed by atoms with Crippen molar-refractivity contribution >= 4 is 24.1 Å². The molecule has 12 heteroatoms. The minimum absolute atomic E-state index is 0.188. The Morgan fingerprint density at radius 2 is 1.86 bits per heavy atom. The molecular weight excluding hydrogens is 458 g/mol. The molecular formula is C23H41N5O7. The van der Waals surface area contributed by atoms with Crippen LogP contribution < -0.4 is 16.5 Å². The lowest BCUT2D eigenvalue weighted by molar-refractivity contribution is -0.184. The number of carbonyl (C=O) groups excluding carboxylic acids is 3. The number of hydrazone groups is 1. The third kappa shape index (κ3) is 11.8. The molecule has 0 spiro atoms. The van der Waals surface area contributed by atoms with E-state index in [0.717, 1.165) is 25.7 Å². The van der Waals surface area contributed by atoms with Gasteiger partial charge in [0.1, 0.15) is 11.7 Å². The number of amides is 3. The van der Waals surface area contributed by atoms with Gasteiger partial charge in [-0.05, 0) is 33.1 Å². The maximum Gasteiger partial charge on any atom is 0.332 e. The lowest BCUT2D eigenvalue weighted by Crippen LogP contribution is -2.51. The number of aliphatic hydroxyl groups is 1. The Hall–Kier alpha value is -2.28. The molecule has 1 aliphatic heterocycles. The Morgan fingerprint density at radius 1 is 1.20 bits per heavy atom. The maximum absolute atomic E-state index is 13.2. The molecule has 1 unspecified atom stereocenters. The van der Waals surface area contributed by atoms with Gasteiger partial charge in [0.05, 0.1) is 25.7 Å². The number of esters is 1. The second kappa shape index (κ2) is 14.3. The van der Waals surface area contributed by atoms with E-state index in [1.54, 1.807) is 25.7 Å². The van der Waals surface area contributed by atoms with Gasteiger partial charge in [-0.1, -0.05) is 32.1 Å². The molecule has 0 bridgehead atoms. The number of nitrogens with two attached hydrogens (primary N) is 1.